The Morgan fingerprint density at radius 2 is 2.05 bits per heavy atom. The Morgan fingerprint density at radius 3 is 2.65 bits per heavy atom. The van der Waals surface area contributed by atoms with Gasteiger partial charge < -0.3 is 5.32 Å². The van der Waals surface area contributed by atoms with E-state index in [4.69, 9.17) is 11.6 Å². The van der Waals surface area contributed by atoms with E-state index in [-0.39, 0.29) is 6.04 Å². The van der Waals surface area contributed by atoms with E-state index >= 15 is 0 Å². The van der Waals surface area contributed by atoms with E-state index in [9.17, 15) is 0 Å². The number of pyridine rings is 1. The van der Waals surface area contributed by atoms with Crippen LogP contribution in [-0.4, -0.2) is 4.98 Å². The zero-order valence-corrected chi connectivity index (χ0v) is 13.2. The molecule has 1 N–H and O–H groups in total. The van der Waals surface area contributed by atoms with Gasteiger partial charge in [0.25, 0.3) is 0 Å². The third-order valence-corrected chi connectivity index (χ3v) is 5.16. The second kappa shape index (κ2) is 5.95. The predicted molar refractivity (Wildman–Crippen MR) is 88.1 cm³/mol. The van der Waals surface area contributed by atoms with Gasteiger partial charge in [-0.1, -0.05) is 17.7 Å². The number of hydrogen-bond acceptors (Lipinski definition) is 4. The lowest BCUT2D eigenvalue weighted by Crippen LogP contribution is -2.09. The molecular formula is C15H13ClN2S2. The Morgan fingerprint density at radius 1 is 1.15 bits per heavy atom. The number of rotatable bonds is 4. The molecule has 0 radical (unpaired) electrons. The number of aromatic nitrogens is 1. The van der Waals surface area contributed by atoms with Gasteiger partial charge >= 0.3 is 0 Å². The van der Waals surface area contributed by atoms with Gasteiger partial charge in [0.2, 0.25) is 0 Å². The molecule has 0 saturated carbocycles. The lowest BCUT2D eigenvalue weighted by atomic mass is 10.2. The molecule has 0 spiro atoms. The van der Waals surface area contributed by atoms with E-state index in [1.54, 1.807) is 22.7 Å². The zero-order valence-electron chi connectivity index (χ0n) is 10.8. The number of thiophene rings is 2. The van der Waals surface area contributed by atoms with Gasteiger partial charge in [-0.2, -0.15) is 0 Å². The highest BCUT2D eigenvalue weighted by atomic mass is 35.5. The molecule has 1 unspecified atom stereocenters. The molecule has 3 aromatic heterocycles. The van der Waals surface area contributed by atoms with Gasteiger partial charge in [0, 0.05) is 15.4 Å². The molecule has 3 rings (SSSR count). The van der Waals surface area contributed by atoms with E-state index in [1.807, 2.05) is 25.3 Å². The van der Waals surface area contributed by atoms with Crippen LogP contribution in [-0.2, 0) is 0 Å². The number of aryl methyl sites for hydroxylation is 1. The summed E-state index contributed by atoms with van der Waals surface area (Å²) in [6.07, 6.45) is 1.87. The van der Waals surface area contributed by atoms with Gasteiger partial charge in [-0.3, -0.25) is 4.98 Å². The van der Waals surface area contributed by atoms with Crippen molar-refractivity contribution in [1.82, 2.24) is 4.98 Å². The first-order valence-electron chi connectivity index (χ1n) is 6.20. The maximum absolute atomic E-state index is 6.07. The summed E-state index contributed by atoms with van der Waals surface area (Å²) in [5.41, 5.74) is 2.03. The lowest BCUT2D eigenvalue weighted by Gasteiger charge is -2.17. The molecule has 0 bridgehead atoms. The number of halogens is 1. The number of nitrogens with one attached hydrogen (secondary N) is 1. The smallest absolute Gasteiger partial charge is 0.0954 e. The highest BCUT2D eigenvalue weighted by molar-refractivity contribution is 7.16. The minimum Gasteiger partial charge on any atom is -0.371 e. The largest absolute Gasteiger partial charge is 0.371 e. The van der Waals surface area contributed by atoms with Crippen molar-refractivity contribution in [2.75, 3.05) is 5.32 Å². The zero-order chi connectivity index (χ0) is 13.9. The molecule has 20 heavy (non-hydrogen) atoms. The van der Waals surface area contributed by atoms with Crippen LogP contribution in [0, 0.1) is 6.92 Å². The molecule has 2 nitrogen and oxygen atoms in total. The Kier molecular flexibility index (Phi) is 4.05. The molecule has 0 amide bonds. The summed E-state index contributed by atoms with van der Waals surface area (Å²) in [6.45, 7) is 1.99. The summed E-state index contributed by atoms with van der Waals surface area (Å²) in [5, 5.41) is 5.63. The van der Waals surface area contributed by atoms with Gasteiger partial charge in [0.05, 0.1) is 22.3 Å². The maximum Gasteiger partial charge on any atom is 0.0954 e. The first-order valence-corrected chi connectivity index (χ1v) is 8.27. The van der Waals surface area contributed by atoms with Crippen LogP contribution in [0.5, 0.6) is 0 Å². The van der Waals surface area contributed by atoms with Crippen LogP contribution < -0.4 is 5.32 Å². The van der Waals surface area contributed by atoms with Crippen molar-refractivity contribution in [2.45, 2.75) is 13.0 Å². The highest BCUT2D eigenvalue weighted by Gasteiger charge is 2.17. The summed E-state index contributed by atoms with van der Waals surface area (Å²) in [6, 6.07) is 12.4. The topological polar surface area (TPSA) is 24.9 Å². The lowest BCUT2D eigenvalue weighted by molar-refractivity contribution is 0.987. The fourth-order valence-corrected chi connectivity index (χ4v) is 3.94. The van der Waals surface area contributed by atoms with E-state index < -0.39 is 0 Å². The first kappa shape index (κ1) is 13.6. The predicted octanol–water partition coefficient (Wildman–Crippen LogP) is 5.37. The highest BCUT2D eigenvalue weighted by Crippen LogP contribution is 2.35. The Balaban J connectivity index is 1.92. The van der Waals surface area contributed by atoms with Gasteiger partial charge in [-0.15, -0.1) is 22.7 Å². The van der Waals surface area contributed by atoms with Crippen molar-refractivity contribution < 1.29 is 0 Å². The normalized spacial score (nSPS) is 12.3. The average Bonchev–Trinajstić information content (AvgIpc) is 3.09. The average molecular weight is 321 g/mol. The summed E-state index contributed by atoms with van der Waals surface area (Å²) in [4.78, 5) is 6.80. The molecule has 5 heteroatoms. The minimum atomic E-state index is 0.122. The molecule has 0 aliphatic rings. The van der Waals surface area contributed by atoms with Crippen LogP contribution in [0.15, 0.2) is 48.0 Å². The van der Waals surface area contributed by atoms with E-state index in [2.05, 4.69) is 39.9 Å². The van der Waals surface area contributed by atoms with E-state index in [1.165, 1.54) is 9.75 Å². The molecule has 102 valence electrons. The maximum atomic E-state index is 6.07. The molecule has 0 fully saturated rings. The second-order valence-electron chi connectivity index (χ2n) is 4.42. The third kappa shape index (κ3) is 3.03. The molecule has 3 heterocycles. The minimum absolute atomic E-state index is 0.122. The van der Waals surface area contributed by atoms with Crippen molar-refractivity contribution in [3.63, 3.8) is 0 Å². The number of hydrogen-bond donors (Lipinski definition) is 1. The second-order valence-corrected chi connectivity index (χ2v) is 7.15. The van der Waals surface area contributed by atoms with Gasteiger partial charge in [0.15, 0.2) is 0 Å². The number of nitrogens with zero attached hydrogens (tertiary/aromatic N) is 1. The third-order valence-electron chi connectivity index (χ3n) is 2.93. The summed E-state index contributed by atoms with van der Waals surface area (Å²) < 4.78 is 0.811. The van der Waals surface area contributed by atoms with Gasteiger partial charge in [-0.05, 0) is 42.6 Å². The van der Waals surface area contributed by atoms with Gasteiger partial charge in [-0.25, -0.2) is 0 Å². The molecule has 1 atom stereocenters. The molecular weight excluding hydrogens is 308 g/mol. The molecule has 3 aromatic rings. The fraction of sp³-hybridized carbons (Fsp3) is 0.133. The van der Waals surface area contributed by atoms with Crippen molar-refractivity contribution in [3.05, 3.63) is 67.8 Å². The quantitative estimate of drug-likeness (QED) is 0.699. The molecule has 0 aliphatic carbocycles. The van der Waals surface area contributed by atoms with Crippen molar-refractivity contribution in [2.24, 2.45) is 0 Å². The van der Waals surface area contributed by atoms with Crippen LogP contribution >= 0.6 is 34.3 Å². The van der Waals surface area contributed by atoms with Crippen molar-refractivity contribution in [1.29, 1.82) is 0 Å². The molecule has 0 aromatic carbocycles. The fourth-order valence-electron chi connectivity index (χ4n) is 1.94. The molecule has 0 aliphatic heterocycles. The standard InChI is InChI=1S/C15H13ClN2S2/c1-10-4-5-11(9-17-10)18-15(12-3-2-8-19-12)13-6-7-14(16)20-13/h2-9,15,18H,1H3. The van der Waals surface area contributed by atoms with Crippen molar-refractivity contribution in [3.8, 4) is 0 Å². The monoisotopic (exact) mass is 320 g/mol. The first-order chi connectivity index (χ1) is 9.72. The summed E-state index contributed by atoms with van der Waals surface area (Å²) in [5.74, 6) is 0. The Bertz CT molecular complexity index is 674. The van der Waals surface area contributed by atoms with Crippen LogP contribution in [0.25, 0.3) is 0 Å². The van der Waals surface area contributed by atoms with Crippen LogP contribution in [0.1, 0.15) is 21.5 Å². The Hall–Kier alpha value is -1.36. The van der Waals surface area contributed by atoms with E-state index in [0.29, 0.717) is 0 Å². The van der Waals surface area contributed by atoms with Crippen molar-refractivity contribution >= 4 is 40.0 Å². The number of anilines is 1. The van der Waals surface area contributed by atoms with Gasteiger partial charge in [0.1, 0.15) is 0 Å². The van der Waals surface area contributed by atoms with Crippen LogP contribution in [0.2, 0.25) is 4.34 Å². The summed E-state index contributed by atoms with van der Waals surface area (Å²) >= 11 is 9.42. The van der Waals surface area contributed by atoms with Crippen LogP contribution in [0.3, 0.4) is 0 Å². The Labute approximate surface area is 131 Å². The molecule has 0 saturated heterocycles. The SMILES string of the molecule is Cc1ccc(NC(c2cccs2)c2ccc(Cl)s2)cn1. The van der Waals surface area contributed by atoms with E-state index in [0.717, 1.165) is 15.7 Å². The van der Waals surface area contributed by atoms with Crippen LogP contribution in [0.4, 0.5) is 5.69 Å². The summed E-state index contributed by atoms with van der Waals surface area (Å²) in [7, 11) is 0.